The van der Waals surface area contributed by atoms with Crippen molar-refractivity contribution in [2.75, 3.05) is 35.5 Å². The predicted octanol–water partition coefficient (Wildman–Crippen LogP) is 1.81. The summed E-state index contributed by atoms with van der Waals surface area (Å²) in [6.07, 6.45) is 4.39. The van der Waals surface area contributed by atoms with Gasteiger partial charge in [-0.15, -0.1) is 0 Å². The lowest BCUT2D eigenvalue weighted by atomic mass is 10.1. The van der Waals surface area contributed by atoms with Crippen molar-refractivity contribution >= 4 is 33.2 Å². The Labute approximate surface area is 149 Å². The van der Waals surface area contributed by atoms with E-state index in [0.29, 0.717) is 11.4 Å². The van der Waals surface area contributed by atoms with Gasteiger partial charge in [0.1, 0.15) is 0 Å². The quantitative estimate of drug-likeness (QED) is 0.831. The first-order chi connectivity index (χ1) is 11.8. The summed E-state index contributed by atoms with van der Waals surface area (Å²) >= 11 is 0. The Balaban J connectivity index is 2.11. The molecule has 0 saturated carbocycles. The Morgan fingerprint density at radius 1 is 1.20 bits per heavy atom. The number of rotatable bonds is 6. The zero-order valence-corrected chi connectivity index (χ0v) is 15.5. The average molecular weight is 367 g/mol. The second-order valence-corrected chi connectivity index (χ2v) is 8.16. The van der Waals surface area contributed by atoms with Gasteiger partial charge in [-0.3, -0.25) is 13.9 Å². The summed E-state index contributed by atoms with van der Waals surface area (Å²) in [5.74, 6) is -0.255. The minimum Gasteiger partial charge on any atom is -0.343 e. The van der Waals surface area contributed by atoms with Crippen LogP contribution in [0.5, 0.6) is 0 Å². The van der Waals surface area contributed by atoms with Gasteiger partial charge in [0.05, 0.1) is 11.9 Å². The van der Waals surface area contributed by atoms with Crippen molar-refractivity contribution in [3.05, 3.63) is 24.3 Å². The topological polar surface area (TPSA) is 86.8 Å². The number of nitrogens with zero attached hydrogens (tertiary/aromatic N) is 2. The number of hydrogen-bond acceptors (Lipinski definition) is 4. The Morgan fingerprint density at radius 2 is 1.88 bits per heavy atom. The Morgan fingerprint density at radius 3 is 2.48 bits per heavy atom. The number of sulfonamides is 1. The van der Waals surface area contributed by atoms with E-state index in [0.717, 1.165) is 38.6 Å². The van der Waals surface area contributed by atoms with E-state index >= 15 is 0 Å². The van der Waals surface area contributed by atoms with Gasteiger partial charge in [-0.05, 0) is 37.5 Å². The lowest BCUT2D eigenvalue weighted by Gasteiger charge is -2.28. The van der Waals surface area contributed by atoms with Crippen molar-refractivity contribution < 1.29 is 18.0 Å². The fraction of sp³-hybridized carbons (Fsp3) is 0.529. The third kappa shape index (κ3) is 5.74. The molecule has 2 amide bonds. The van der Waals surface area contributed by atoms with Crippen LogP contribution < -0.4 is 9.62 Å². The molecule has 1 aromatic carbocycles. The van der Waals surface area contributed by atoms with Crippen LogP contribution in [0.4, 0.5) is 11.4 Å². The lowest BCUT2D eigenvalue weighted by molar-refractivity contribution is -0.131. The number of likely N-dealkylation sites (tertiary alicyclic amines) is 1. The van der Waals surface area contributed by atoms with E-state index in [9.17, 15) is 18.0 Å². The summed E-state index contributed by atoms with van der Waals surface area (Å²) < 4.78 is 25.5. The summed E-state index contributed by atoms with van der Waals surface area (Å²) in [5.41, 5.74) is 0.946. The fourth-order valence-electron chi connectivity index (χ4n) is 2.93. The van der Waals surface area contributed by atoms with Gasteiger partial charge < -0.3 is 10.2 Å². The first-order valence-corrected chi connectivity index (χ1v) is 10.3. The Kier molecular flexibility index (Phi) is 6.41. The number of piperidine rings is 1. The van der Waals surface area contributed by atoms with Gasteiger partial charge in [-0.2, -0.15) is 0 Å². The lowest BCUT2D eigenvalue weighted by Crippen LogP contribution is -2.39. The number of amides is 2. The minimum atomic E-state index is -3.54. The highest BCUT2D eigenvalue weighted by molar-refractivity contribution is 7.92. The summed E-state index contributed by atoms with van der Waals surface area (Å²) in [6.45, 7) is 2.96. The highest BCUT2D eigenvalue weighted by atomic mass is 32.2. The van der Waals surface area contributed by atoms with Gasteiger partial charge in [0, 0.05) is 38.7 Å². The van der Waals surface area contributed by atoms with E-state index < -0.39 is 10.0 Å². The molecule has 1 N–H and O–H groups in total. The highest BCUT2D eigenvalue weighted by Crippen LogP contribution is 2.22. The molecule has 1 fully saturated rings. The van der Waals surface area contributed by atoms with E-state index in [2.05, 4.69) is 5.32 Å². The van der Waals surface area contributed by atoms with Gasteiger partial charge >= 0.3 is 0 Å². The number of carbonyl (C=O) groups is 2. The number of anilines is 2. The van der Waals surface area contributed by atoms with Gasteiger partial charge in [-0.1, -0.05) is 6.07 Å². The van der Waals surface area contributed by atoms with E-state index in [1.54, 1.807) is 29.2 Å². The van der Waals surface area contributed by atoms with Crippen molar-refractivity contribution in [3.63, 3.8) is 0 Å². The SMILES string of the molecule is CC(=O)Nc1cccc(N(CCC(=O)N2CCCCC2)S(C)(=O)=O)c1. The molecule has 7 nitrogen and oxygen atoms in total. The zero-order chi connectivity index (χ0) is 18.4. The largest absolute Gasteiger partial charge is 0.343 e. The normalized spacial score (nSPS) is 14.9. The Hall–Kier alpha value is -2.09. The van der Waals surface area contributed by atoms with Crippen LogP contribution in [0.3, 0.4) is 0 Å². The molecule has 0 atom stereocenters. The minimum absolute atomic E-state index is 0.0219. The molecule has 0 radical (unpaired) electrons. The first kappa shape index (κ1) is 19.2. The number of nitrogens with one attached hydrogen (secondary N) is 1. The van der Waals surface area contributed by atoms with Crippen molar-refractivity contribution in [1.29, 1.82) is 0 Å². The van der Waals surface area contributed by atoms with Crippen LogP contribution in [0, 0.1) is 0 Å². The van der Waals surface area contributed by atoms with Crippen LogP contribution in [0.2, 0.25) is 0 Å². The molecular weight excluding hydrogens is 342 g/mol. The van der Waals surface area contributed by atoms with Crippen LogP contribution in [0.25, 0.3) is 0 Å². The average Bonchev–Trinajstić information content (AvgIpc) is 2.54. The van der Waals surface area contributed by atoms with Crippen molar-refractivity contribution in [1.82, 2.24) is 4.90 Å². The molecule has 2 rings (SSSR count). The summed E-state index contributed by atoms with van der Waals surface area (Å²) in [7, 11) is -3.54. The molecular formula is C17H25N3O4S. The van der Waals surface area contributed by atoms with Gasteiger partial charge in [-0.25, -0.2) is 8.42 Å². The first-order valence-electron chi connectivity index (χ1n) is 8.40. The van der Waals surface area contributed by atoms with Gasteiger partial charge in [0.15, 0.2) is 0 Å². The summed E-state index contributed by atoms with van der Waals surface area (Å²) in [4.78, 5) is 25.3. The molecule has 0 unspecified atom stereocenters. The van der Waals surface area contributed by atoms with Crippen molar-refractivity contribution in [3.8, 4) is 0 Å². The van der Waals surface area contributed by atoms with Crippen LogP contribution in [-0.2, 0) is 19.6 Å². The second-order valence-electron chi connectivity index (χ2n) is 6.26. The number of benzene rings is 1. The standard InChI is InChI=1S/C17H25N3O4S/c1-14(21)18-15-7-6-8-16(13-15)20(25(2,23)24)12-9-17(22)19-10-4-3-5-11-19/h6-8,13H,3-5,9-12H2,1-2H3,(H,18,21). The molecule has 1 heterocycles. The van der Waals surface area contributed by atoms with E-state index in [4.69, 9.17) is 0 Å². The molecule has 1 aromatic rings. The van der Waals surface area contributed by atoms with Gasteiger partial charge in [0.25, 0.3) is 0 Å². The molecule has 1 aliphatic heterocycles. The van der Waals surface area contributed by atoms with Crippen LogP contribution >= 0.6 is 0 Å². The van der Waals surface area contributed by atoms with E-state index in [1.165, 1.54) is 11.2 Å². The maximum atomic E-state index is 12.3. The molecule has 8 heteroatoms. The molecule has 0 aromatic heterocycles. The third-order valence-corrected chi connectivity index (χ3v) is 5.29. The predicted molar refractivity (Wildman–Crippen MR) is 98.0 cm³/mol. The van der Waals surface area contributed by atoms with Crippen LogP contribution in [-0.4, -0.2) is 51.0 Å². The zero-order valence-electron chi connectivity index (χ0n) is 14.7. The van der Waals surface area contributed by atoms with Crippen LogP contribution in [0.15, 0.2) is 24.3 Å². The molecule has 25 heavy (non-hydrogen) atoms. The number of carbonyl (C=O) groups excluding carboxylic acids is 2. The van der Waals surface area contributed by atoms with E-state index in [1.807, 2.05) is 0 Å². The smallest absolute Gasteiger partial charge is 0.232 e. The molecule has 1 aliphatic rings. The van der Waals surface area contributed by atoms with Crippen molar-refractivity contribution in [2.45, 2.75) is 32.6 Å². The number of hydrogen-bond donors (Lipinski definition) is 1. The van der Waals surface area contributed by atoms with Gasteiger partial charge in [0.2, 0.25) is 21.8 Å². The maximum absolute atomic E-state index is 12.3. The highest BCUT2D eigenvalue weighted by Gasteiger charge is 2.22. The summed E-state index contributed by atoms with van der Waals surface area (Å²) in [6, 6.07) is 6.60. The maximum Gasteiger partial charge on any atom is 0.232 e. The molecule has 0 aliphatic carbocycles. The molecule has 0 bridgehead atoms. The summed E-state index contributed by atoms with van der Waals surface area (Å²) in [5, 5.41) is 2.63. The van der Waals surface area contributed by atoms with E-state index in [-0.39, 0.29) is 24.8 Å². The second kappa shape index (κ2) is 8.33. The monoisotopic (exact) mass is 367 g/mol. The molecule has 1 saturated heterocycles. The Bertz CT molecular complexity index is 727. The van der Waals surface area contributed by atoms with Crippen molar-refractivity contribution in [2.24, 2.45) is 0 Å². The molecule has 138 valence electrons. The molecule has 0 spiro atoms. The van der Waals surface area contributed by atoms with Crippen LogP contribution in [0.1, 0.15) is 32.6 Å². The third-order valence-electron chi connectivity index (χ3n) is 4.09. The fourth-order valence-corrected chi connectivity index (χ4v) is 3.85.